The number of rotatable bonds is 17. The summed E-state index contributed by atoms with van der Waals surface area (Å²) in [5, 5.41) is 50.5. The highest BCUT2D eigenvalue weighted by Crippen LogP contribution is 2.24. The minimum Gasteiger partial charge on any atom is -0.394 e. The third-order valence-electron chi connectivity index (χ3n) is 11.9. The maximum Gasteiger partial charge on any atom is 0.245 e. The van der Waals surface area contributed by atoms with Crippen LogP contribution in [0.5, 0.6) is 0 Å². The molecule has 7 amide bonds. The molecule has 1 fully saturated rings. The number of H-pyrrole nitrogens is 1. The summed E-state index contributed by atoms with van der Waals surface area (Å²) in [5.41, 5.74) is 15.0. The van der Waals surface area contributed by atoms with E-state index < -0.39 is 108 Å². The first-order chi connectivity index (χ1) is 34.1. The molecule has 10 atom stereocenters. The van der Waals surface area contributed by atoms with E-state index in [1.54, 1.807) is 60.8 Å². The number of unbranched alkanes of at least 4 members (excludes halogenated alkanes) is 1. The Hall–Kier alpha value is -5.72. The average Bonchev–Trinajstić information content (AvgIpc) is 3.76. The number of hydrogen-bond acceptors (Lipinski definition) is 14. The van der Waals surface area contributed by atoms with E-state index in [1.807, 2.05) is 30.3 Å². The van der Waals surface area contributed by atoms with Gasteiger partial charge in [0.1, 0.15) is 36.3 Å². The zero-order valence-electron chi connectivity index (χ0n) is 40.1. The van der Waals surface area contributed by atoms with Crippen molar-refractivity contribution in [3.63, 3.8) is 0 Å². The van der Waals surface area contributed by atoms with Crippen LogP contribution in [0.4, 0.5) is 0 Å². The normalized spacial score (nSPS) is 22.5. The highest BCUT2D eigenvalue weighted by Gasteiger charge is 2.36. The topological polar surface area (TPSA) is 332 Å². The molecule has 392 valence electrons. The number of aliphatic hydroxyl groups excluding tert-OH is 3. The first-order valence-electron chi connectivity index (χ1n) is 23.5. The van der Waals surface area contributed by atoms with Crippen LogP contribution >= 0.6 is 34.0 Å². The van der Waals surface area contributed by atoms with Gasteiger partial charge in [-0.15, -0.1) is 12.4 Å². The highest BCUT2D eigenvalue weighted by atomic mass is 35.5. The minimum absolute atomic E-state index is 0. The Morgan fingerprint density at radius 1 is 0.722 bits per heavy atom. The average molecular weight is 1060 g/mol. The van der Waals surface area contributed by atoms with Crippen LogP contribution in [-0.2, 0) is 52.8 Å². The molecule has 0 spiro atoms. The summed E-state index contributed by atoms with van der Waals surface area (Å²) in [6, 6.07) is 14.6. The van der Waals surface area contributed by atoms with Gasteiger partial charge in [-0.05, 0) is 68.8 Å². The molecule has 15 N–H and O–H groups in total. The molecule has 3 aromatic carbocycles. The summed E-state index contributed by atoms with van der Waals surface area (Å²) < 4.78 is 0. The van der Waals surface area contributed by atoms with Crippen molar-refractivity contribution in [2.45, 2.75) is 113 Å². The summed E-state index contributed by atoms with van der Waals surface area (Å²) in [6.07, 6.45) is -0.156. The van der Waals surface area contributed by atoms with Crippen LogP contribution in [0.3, 0.4) is 0 Å². The lowest BCUT2D eigenvalue weighted by Gasteiger charge is -2.29. The predicted octanol–water partition coefficient (Wildman–Crippen LogP) is -0.384. The number of fused-ring (bicyclic) bond motifs is 1. The molecule has 0 saturated carbocycles. The SMILES string of the molecule is CC(O)[C@@H]1NC(=O)[C@H](CCCCN)NC(=O)[C@@H](Cc2c[nH]c3ccccc23)NC(=O)[C@H](Cc2ccccc2)NC(=O)[C@@H](NC(=O)[C@H](N)Cc2ccccc2)CSSC[C@@H](C(=O)N[C@H](CO)[C@@H](C)O)NC1=O.Cl. The van der Waals surface area contributed by atoms with Gasteiger partial charge in [-0.25, -0.2) is 0 Å². The summed E-state index contributed by atoms with van der Waals surface area (Å²) >= 11 is 0. The molecular formula is C49H67ClN10O10S2. The van der Waals surface area contributed by atoms with Gasteiger partial charge in [0.2, 0.25) is 41.4 Å². The Kier molecular flexibility index (Phi) is 24.3. The highest BCUT2D eigenvalue weighted by molar-refractivity contribution is 8.76. The molecule has 1 aliphatic rings. The number of benzene rings is 3. The van der Waals surface area contributed by atoms with E-state index >= 15 is 0 Å². The Morgan fingerprint density at radius 2 is 1.31 bits per heavy atom. The Labute approximate surface area is 432 Å². The summed E-state index contributed by atoms with van der Waals surface area (Å²) in [5.74, 6) is -6.01. The van der Waals surface area contributed by atoms with Gasteiger partial charge in [0.25, 0.3) is 0 Å². The second-order valence-electron chi connectivity index (χ2n) is 17.5. The first-order valence-corrected chi connectivity index (χ1v) is 26.0. The standard InChI is InChI=1S/C49H66N10O10S2.ClH/c1-28(61)39(25-60)56-48(68)41-27-71-70-26-40(57-43(63)34(51)21-30-13-5-3-6-14-30)47(67)54-37(22-31-15-7-4-8-16-31)45(65)55-38(23-32-24-52-35-18-10-9-17-33(32)35)46(66)53-36(19-11-12-20-50)44(64)59-42(29(2)62)49(69)58-41;/h3-10,13-18,24,28-29,34,36-42,52,60-62H,11-12,19-23,25-27,50-51H2,1-2H3,(H,53,66)(H,54,67)(H,55,65)(H,56,68)(H,57,63)(H,58,69)(H,59,64);1H/t28-,29?,34-,36+,37+,38-,39-,40+,41+,42+;/m1./s1. The first kappa shape index (κ1) is 58.8. The fraction of sp³-hybridized carbons (Fsp3) is 0.449. The van der Waals surface area contributed by atoms with Crippen LogP contribution in [0, 0.1) is 0 Å². The third-order valence-corrected chi connectivity index (χ3v) is 14.3. The lowest BCUT2D eigenvalue weighted by atomic mass is 10.0. The molecule has 72 heavy (non-hydrogen) atoms. The monoisotopic (exact) mass is 1050 g/mol. The van der Waals surface area contributed by atoms with Crippen molar-refractivity contribution < 1.29 is 48.9 Å². The van der Waals surface area contributed by atoms with Crippen LogP contribution < -0.4 is 48.7 Å². The molecule has 4 aromatic rings. The van der Waals surface area contributed by atoms with Crippen molar-refractivity contribution in [2.75, 3.05) is 24.7 Å². The van der Waals surface area contributed by atoms with Crippen molar-refractivity contribution >= 4 is 86.2 Å². The van der Waals surface area contributed by atoms with Gasteiger partial charge in [0.05, 0.1) is 30.9 Å². The molecule has 1 aromatic heterocycles. The molecule has 0 bridgehead atoms. The lowest BCUT2D eigenvalue weighted by molar-refractivity contribution is -0.136. The van der Waals surface area contributed by atoms with Gasteiger partial charge >= 0.3 is 0 Å². The Balaban J connectivity index is 0.0000112. The van der Waals surface area contributed by atoms with Crippen molar-refractivity contribution in [2.24, 2.45) is 11.5 Å². The quantitative estimate of drug-likeness (QED) is 0.0474. The molecule has 2 heterocycles. The van der Waals surface area contributed by atoms with Crippen molar-refractivity contribution in [1.29, 1.82) is 0 Å². The van der Waals surface area contributed by atoms with Gasteiger partial charge in [0.15, 0.2) is 0 Å². The fourth-order valence-electron chi connectivity index (χ4n) is 7.73. The van der Waals surface area contributed by atoms with Crippen molar-refractivity contribution in [3.8, 4) is 0 Å². The summed E-state index contributed by atoms with van der Waals surface area (Å²) in [6.45, 7) is 2.23. The van der Waals surface area contributed by atoms with Crippen molar-refractivity contribution in [1.82, 2.24) is 42.2 Å². The second-order valence-corrected chi connectivity index (χ2v) is 20.0. The molecule has 0 aliphatic carbocycles. The molecule has 20 nitrogen and oxygen atoms in total. The number of amides is 7. The number of aromatic nitrogens is 1. The molecule has 5 rings (SSSR count). The molecule has 1 saturated heterocycles. The van der Waals surface area contributed by atoms with Crippen LogP contribution in [0.25, 0.3) is 10.9 Å². The number of nitrogens with one attached hydrogen (secondary N) is 8. The van der Waals surface area contributed by atoms with E-state index in [-0.39, 0.29) is 56.1 Å². The van der Waals surface area contributed by atoms with E-state index in [2.05, 4.69) is 42.2 Å². The van der Waals surface area contributed by atoms with Gasteiger partial charge in [-0.1, -0.05) is 100 Å². The van der Waals surface area contributed by atoms with E-state index in [0.717, 1.165) is 38.1 Å². The maximum absolute atomic E-state index is 14.7. The zero-order valence-corrected chi connectivity index (χ0v) is 42.5. The van der Waals surface area contributed by atoms with Gasteiger partial charge < -0.3 is 69.0 Å². The molecule has 23 heteroatoms. The van der Waals surface area contributed by atoms with Gasteiger partial charge in [-0.2, -0.15) is 0 Å². The third kappa shape index (κ3) is 17.8. The number of aromatic amines is 1. The van der Waals surface area contributed by atoms with E-state index in [9.17, 15) is 48.9 Å². The van der Waals surface area contributed by atoms with Crippen LogP contribution in [0.1, 0.15) is 49.8 Å². The number of para-hydroxylation sites is 1. The van der Waals surface area contributed by atoms with Crippen LogP contribution in [0.15, 0.2) is 91.1 Å². The number of halogens is 1. The molecule has 0 radical (unpaired) electrons. The molecule has 1 unspecified atom stereocenters. The Morgan fingerprint density at radius 3 is 1.94 bits per heavy atom. The number of carbonyl (C=O) groups is 7. The predicted molar refractivity (Wildman–Crippen MR) is 279 cm³/mol. The van der Waals surface area contributed by atoms with Crippen LogP contribution in [-0.4, -0.2) is 147 Å². The van der Waals surface area contributed by atoms with Crippen molar-refractivity contribution in [3.05, 3.63) is 108 Å². The maximum atomic E-state index is 14.7. The summed E-state index contributed by atoms with van der Waals surface area (Å²) in [7, 11) is 2.06. The number of hydrogen-bond donors (Lipinski definition) is 13. The Bertz CT molecular complexity index is 2400. The zero-order chi connectivity index (χ0) is 51.5. The van der Waals surface area contributed by atoms with Crippen LogP contribution in [0.2, 0.25) is 0 Å². The number of nitrogens with two attached hydrogens (primary N) is 2. The number of carbonyl (C=O) groups excluding carboxylic acids is 7. The van der Waals surface area contributed by atoms with Gasteiger partial charge in [0, 0.05) is 41.4 Å². The smallest absolute Gasteiger partial charge is 0.245 e. The summed E-state index contributed by atoms with van der Waals surface area (Å²) in [4.78, 5) is 103. The van der Waals surface area contributed by atoms with E-state index in [1.165, 1.54) is 13.8 Å². The van der Waals surface area contributed by atoms with E-state index in [0.29, 0.717) is 24.0 Å². The lowest BCUT2D eigenvalue weighted by Crippen LogP contribution is -2.62. The molecule has 1 aliphatic heterocycles. The second kappa shape index (κ2) is 29.7. The number of aliphatic hydroxyl groups is 3. The largest absolute Gasteiger partial charge is 0.394 e. The minimum atomic E-state index is -1.66. The van der Waals surface area contributed by atoms with E-state index in [4.69, 9.17) is 11.5 Å². The molecular weight excluding hydrogens is 988 g/mol. The van der Waals surface area contributed by atoms with Gasteiger partial charge in [-0.3, -0.25) is 33.6 Å². The fourth-order valence-corrected chi connectivity index (χ4v) is 10.1.